The third-order valence-corrected chi connectivity index (χ3v) is 4.89. The van der Waals surface area contributed by atoms with E-state index in [4.69, 9.17) is 23.2 Å². The molecule has 0 atom stereocenters. The molecule has 0 aliphatic rings. The normalized spacial score (nSPS) is 11.2. The van der Waals surface area contributed by atoms with E-state index in [1.54, 1.807) is 25.2 Å². The van der Waals surface area contributed by atoms with Crippen LogP contribution in [0.3, 0.4) is 0 Å². The van der Waals surface area contributed by atoms with Gasteiger partial charge in [-0.05, 0) is 24.3 Å². The molecular weight excluding hydrogens is 357 g/mol. The summed E-state index contributed by atoms with van der Waals surface area (Å²) < 4.78 is 0. The number of rotatable bonds is 2. The number of fused-ring (bicyclic) bond motifs is 3. The van der Waals surface area contributed by atoms with Crippen LogP contribution in [0.5, 0.6) is 0 Å². The number of halogens is 2. The Balaban J connectivity index is 2.10. The van der Waals surface area contributed by atoms with Crippen LogP contribution in [0.25, 0.3) is 33.1 Å². The Morgan fingerprint density at radius 1 is 1.04 bits per heavy atom. The number of amides is 1. The maximum Gasteiger partial charge on any atom is 0.269 e. The van der Waals surface area contributed by atoms with Crippen LogP contribution in [0.4, 0.5) is 0 Å². The largest absolute Gasteiger partial charge is 0.354 e. The fourth-order valence-corrected chi connectivity index (χ4v) is 3.24. The first-order chi connectivity index (χ1) is 12.1. The minimum atomic E-state index is -0.242. The zero-order valence-corrected chi connectivity index (χ0v) is 14.7. The van der Waals surface area contributed by atoms with Gasteiger partial charge in [0.2, 0.25) is 0 Å². The Kier molecular flexibility index (Phi) is 3.86. The molecule has 0 fully saturated rings. The second kappa shape index (κ2) is 6.06. The van der Waals surface area contributed by atoms with Gasteiger partial charge in [-0.25, -0.2) is 4.98 Å². The Morgan fingerprint density at radius 3 is 2.60 bits per heavy atom. The summed E-state index contributed by atoms with van der Waals surface area (Å²) in [7, 11) is 1.59. The van der Waals surface area contributed by atoms with Gasteiger partial charge in [-0.15, -0.1) is 0 Å². The summed E-state index contributed by atoms with van der Waals surface area (Å²) in [6.45, 7) is 0. The minimum absolute atomic E-state index is 0.242. The van der Waals surface area contributed by atoms with Gasteiger partial charge in [-0.3, -0.25) is 4.79 Å². The van der Waals surface area contributed by atoms with E-state index in [1.807, 2.05) is 30.3 Å². The summed E-state index contributed by atoms with van der Waals surface area (Å²) in [5, 5.41) is 5.51. The maximum absolute atomic E-state index is 12.2. The number of pyridine rings is 1. The lowest BCUT2D eigenvalue weighted by atomic mass is 10.1. The predicted molar refractivity (Wildman–Crippen MR) is 102 cm³/mol. The summed E-state index contributed by atoms with van der Waals surface area (Å²) in [6.07, 6.45) is 0. The van der Waals surface area contributed by atoms with Gasteiger partial charge in [-0.1, -0.05) is 47.5 Å². The SMILES string of the molecule is CNC(=O)c1cc2c([nH]c3ccccc32)c(-c2ccc(Cl)c(Cl)c2)n1. The quantitative estimate of drug-likeness (QED) is 0.519. The highest BCUT2D eigenvalue weighted by molar-refractivity contribution is 6.42. The van der Waals surface area contributed by atoms with Crippen LogP contribution in [0, 0.1) is 0 Å². The number of para-hydroxylation sites is 1. The predicted octanol–water partition coefficient (Wildman–Crippen LogP) is 5.05. The summed E-state index contributed by atoms with van der Waals surface area (Å²) >= 11 is 12.2. The van der Waals surface area contributed by atoms with Crippen molar-refractivity contribution in [1.29, 1.82) is 0 Å². The molecule has 0 aliphatic carbocycles. The van der Waals surface area contributed by atoms with Crippen LogP contribution in [0.15, 0.2) is 48.5 Å². The van der Waals surface area contributed by atoms with Gasteiger partial charge in [0.15, 0.2) is 0 Å². The van der Waals surface area contributed by atoms with Crippen molar-refractivity contribution in [3.05, 3.63) is 64.3 Å². The number of hydrogen-bond acceptors (Lipinski definition) is 2. The molecular formula is C19H13Cl2N3O. The molecule has 2 N–H and O–H groups in total. The van der Waals surface area contributed by atoms with E-state index in [2.05, 4.69) is 15.3 Å². The molecule has 0 bridgehead atoms. The summed E-state index contributed by atoms with van der Waals surface area (Å²) in [6, 6.07) is 15.1. The maximum atomic E-state index is 12.2. The number of nitrogens with zero attached hydrogens (tertiary/aromatic N) is 1. The van der Waals surface area contributed by atoms with Crippen LogP contribution in [-0.4, -0.2) is 22.9 Å². The second-order valence-electron chi connectivity index (χ2n) is 5.66. The van der Waals surface area contributed by atoms with Gasteiger partial charge in [0.05, 0.1) is 21.3 Å². The molecule has 0 spiro atoms. The minimum Gasteiger partial charge on any atom is -0.354 e. The molecule has 0 radical (unpaired) electrons. The lowest BCUT2D eigenvalue weighted by Crippen LogP contribution is -2.19. The van der Waals surface area contributed by atoms with Crippen molar-refractivity contribution in [1.82, 2.24) is 15.3 Å². The van der Waals surface area contributed by atoms with Crippen LogP contribution in [0.1, 0.15) is 10.5 Å². The Labute approximate surface area is 153 Å². The van der Waals surface area contributed by atoms with Gasteiger partial charge in [-0.2, -0.15) is 0 Å². The standard InChI is InChI=1S/C19H13Cl2N3O/c1-22-19(25)16-9-12-11-4-2-3-5-15(11)23-18(12)17(24-16)10-6-7-13(20)14(21)8-10/h2-9,23H,1H3,(H,22,25). The van der Waals surface area contributed by atoms with Crippen molar-refractivity contribution in [2.75, 3.05) is 7.05 Å². The van der Waals surface area contributed by atoms with Crippen LogP contribution >= 0.6 is 23.2 Å². The average molecular weight is 370 g/mol. The summed E-state index contributed by atoms with van der Waals surface area (Å²) in [5.74, 6) is -0.242. The summed E-state index contributed by atoms with van der Waals surface area (Å²) in [4.78, 5) is 20.1. The average Bonchev–Trinajstić information content (AvgIpc) is 3.01. The molecule has 2 heterocycles. The number of nitrogens with one attached hydrogen (secondary N) is 2. The van der Waals surface area contributed by atoms with Crippen molar-refractivity contribution in [3.8, 4) is 11.3 Å². The highest BCUT2D eigenvalue weighted by Crippen LogP contribution is 2.35. The smallest absolute Gasteiger partial charge is 0.269 e. The van der Waals surface area contributed by atoms with Gasteiger partial charge < -0.3 is 10.3 Å². The highest BCUT2D eigenvalue weighted by Gasteiger charge is 2.16. The van der Waals surface area contributed by atoms with Crippen molar-refractivity contribution in [2.24, 2.45) is 0 Å². The van der Waals surface area contributed by atoms with Gasteiger partial charge in [0, 0.05) is 28.9 Å². The van der Waals surface area contributed by atoms with Gasteiger partial charge >= 0.3 is 0 Å². The summed E-state index contributed by atoms with van der Waals surface area (Å²) in [5.41, 5.74) is 3.63. The van der Waals surface area contributed by atoms with Crippen molar-refractivity contribution in [2.45, 2.75) is 0 Å². The van der Waals surface area contributed by atoms with Crippen molar-refractivity contribution >= 4 is 50.9 Å². The van der Waals surface area contributed by atoms with Crippen LogP contribution in [0.2, 0.25) is 10.0 Å². The van der Waals surface area contributed by atoms with E-state index in [-0.39, 0.29) is 5.91 Å². The van der Waals surface area contributed by atoms with E-state index in [0.29, 0.717) is 21.4 Å². The number of carbonyl (C=O) groups is 1. The molecule has 25 heavy (non-hydrogen) atoms. The fourth-order valence-electron chi connectivity index (χ4n) is 2.94. The molecule has 6 heteroatoms. The number of hydrogen-bond donors (Lipinski definition) is 2. The van der Waals surface area contributed by atoms with Gasteiger partial charge in [0.25, 0.3) is 5.91 Å². The molecule has 2 aromatic heterocycles. The third kappa shape index (κ3) is 2.64. The second-order valence-corrected chi connectivity index (χ2v) is 6.47. The monoisotopic (exact) mass is 369 g/mol. The van der Waals surface area contributed by atoms with E-state index in [0.717, 1.165) is 27.4 Å². The van der Waals surface area contributed by atoms with Gasteiger partial charge in [0.1, 0.15) is 5.69 Å². The molecule has 4 rings (SSSR count). The number of aromatic nitrogens is 2. The highest BCUT2D eigenvalue weighted by atomic mass is 35.5. The molecule has 0 unspecified atom stereocenters. The molecule has 2 aromatic carbocycles. The third-order valence-electron chi connectivity index (χ3n) is 4.15. The number of carbonyl (C=O) groups excluding carboxylic acids is 1. The first kappa shape index (κ1) is 15.9. The topological polar surface area (TPSA) is 57.8 Å². The van der Waals surface area contributed by atoms with Crippen molar-refractivity contribution in [3.63, 3.8) is 0 Å². The van der Waals surface area contributed by atoms with E-state index in [9.17, 15) is 4.79 Å². The Bertz CT molecular complexity index is 1130. The molecule has 1 amide bonds. The fraction of sp³-hybridized carbons (Fsp3) is 0.0526. The molecule has 0 saturated heterocycles. The van der Waals surface area contributed by atoms with Crippen LogP contribution < -0.4 is 5.32 Å². The molecule has 4 nitrogen and oxygen atoms in total. The number of aromatic amines is 1. The first-order valence-electron chi connectivity index (χ1n) is 7.67. The van der Waals surface area contributed by atoms with Crippen LogP contribution in [-0.2, 0) is 0 Å². The number of H-pyrrole nitrogens is 1. The zero-order chi connectivity index (χ0) is 17.6. The first-order valence-corrected chi connectivity index (χ1v) is 8.43. The van der Waals surface area contributed by atoms with E-state index >= 15 is 0 Å². The molecule has 0 aliphatic heterocycles. The van der Waals surface area contributed by atoms with Crippen molar-refractivity contribution < 1.29 is 4.79 Å². The molecule has 4 aromatic rings. The lowest BCUT2D eigenvalue weighted by Gasteiger charge is -2.08. The van der Waals surface area contributed by atoms with E-state index in [1.165, 1.54) is 0 Å². The number of benzene rings is 2. The Morgan fingerprint density at radius 2 is 1.84 bits per heavy atom. The van der Waals surface area contributed by atoms with E-state index < -0.39 is 0 Å². The Hall–Kier alpha value is -2.56. The molecule has 124 valence electrons. The molecule has 0 saturated carbocycles. The zero-order valence-electron chi connectivity index (χ0n) is 13.2. The lowest BCUT2D eigenvalue weighted by molar-refractivity contribution is 0.0958.